The maximum atomic E-state index is 12.3. The van der Waals surface area contributed by atoms with Crippen molar-refractivity contribution in [3.63, 3.8) is 0 Å². The van der Waals surface area contributed by atoms with E-state index >= 15 is 0 Å². The zero-order valence-electron chi connectivity index (χ0n) is 11.8. The highest BCUT2D eigenvalue weighted by molar-refractivity contribution is 5.91. The first-order valence-corrected chi connectivity index (χ1v) is 6.33. The van der Waals surface area contributed by atoms with Crippen LogP contribution >= 0.6 is 0 Å². The van der Waals surface area contributed by atoms with Crippen LogP contribution in [-0.2, 0) is 13.6 Å². The van der Waals surface area contributed by atoms with Crippen LogP contribution in [0.4, 0.5) is 0 Å². The third-order valence-electron chi connectivity index (χ3n) is 3.20. The maximum absolute atomic E-state index is 12.3. The van der Waals surface area contributed by atoms with E-state index in [2.05, 4.69) is 5.10 Å². The largest absolute Gasteiger partial charge is 0.336 e. The van der Waals surface area contributed by atoms with Gasteiger partial charge in [0.1, 0.15) is 5.69 Å². The fourth-order valence-corrected chi connectivity index (χ4v) is 1.93. The SMILES string of the molecule is Cc1ccccc1CN(C)C(=O)c1ccc(=O)n(C)n1. The third kappa shape index (κ3) is 2.93. The molecular formula is C15H17N3O2. The van der Waals surface area contributed by atoms with Crippen molar-refractivity contribution >= 4 is 5.91 Å². The average molecular weight is 271 g/mol. The minimum absolute atomic E-state index is 0.205. The number of nitrogens with zero attached hydrogens (tertiary/aromatic N) is 3. The van der Waals surface area contributed by atoms with Gasteiger partial charge < -0.3 is 4.90 Å². The molecular weight excluding hydrogens is 254 g/mol. The number of amides is 1. The van der Waals surface area contributed by atoms with E-state index in [1.165, 1.54) is 19.2 Å². The lowest BCUT2D eigenvalue weighted by Gasteiger charge is -2.18. The molecule has 5 heteroatoms. The fraction of sp³-hybridized carbons (Fsp3) is 0.267. The summed E-state index contributed by atoms with van der Waals surface area (Å²) >= 11 is 0. The van der Waals surface area contributed by atoms with E-state index < -0.39 is 0 Å². The molecule has 1 heterocycles. The van der Waals surface area contributed by atoms with Crippen molar-refractivity contribution in [3.8, 4) is 0 Å². The van der Waals surface area contributed by atoms with E-state index in [9.17, 15) is 9.59 Å². The van der Waals surface area contributed by atoms with Crippen molar-refractivity contribution in [2.24, 2.45) is 7.05 Å². The topological polar surface area (TPSA) is 55.2 Å². The fourth-order valence-electron chi connectivity index (χ4n) is 1.93. The van der Waals surface area contributed by atoms with E-state index in [4.69, 9.17) is 0 Å². The molecule has 2 aromatic rings. The highest BCUT2D eigenvalue weighted by Gasteiger charge is 2.14. The van der Waals surface area contributed by atoms with Gasteiger partial charge in [-0.1, -0.05) is 24.3 Å². The summed E-state index contributed by atoms with van der Waals surface area (Å²) in [6, 6.07) is 10.7. The van der Waals surface area contributed by atoms with Crippen LogP contribution in [0.2, 0.25) is 0 Å². The number of aryl methyl sites for hydroxylation is 2. The van der Waals surface area contributed by atoms with Crippen LogP contribution in [0.15, 0.2) is 41.2 Å². The smallest absolute Gasteiger partial charge is 0.274 e. The molecule has 0 aliphatic rings. The Morgan fingerprint density at radius 2 is 1.95 bits per heavy atom. The molecule has 0 saturated heterocycles. The third-order valence-corrected chi connectivity index (χ3v) is 3.20. The summed E-state index contributed by atoms with van der Waals surface area (Å²) in [5, 5.41) is 3.97. The Morgan fingerprint density at radius 3 is 2.60 bits per heavy atom. The van der Waals surface area contributed by atoms with Gasteiger partial charge in [-0.2, -0.15) is 5.10 Å². The van der Waals surface area contributed by atoms with E-state index in [1.807, 2.05) is 31.2 Å². The van der Waals surface area contributed by atoms with E-state index in [0.717, 1.165) is 15.8 Å². The van der Waals surface area contributed by atoms with Gasteiger partial charge in [-0.15, -0.1) is 0 Å². The molecule has 0 fully saturated rings. The Kier molecular flexibility index (Phi) is 3.98. The molecule has 0 radical (unpaired) electrons. The Balaban J connectivity index is 2.18. The Labute approximate surface area is 117 Å². The predicted octanol–water partition coefficient (Wildman–Crippen LogP) is 1.36. The number of hydrogen-bond acceptors (Lipinski definition) is 3. The van der Waals surface area contributed by atoms with Crippen molar-refractivity contribution in [1.82, 2.24) is 14.7 Å². The lowest BCUT2D eigenvalue weighted by Crippen LogP contribution is -2.30. The summed E-state index contributed by atoms with van der Waals surface area (Å²) in [4.78, 5) is 25.1. The molecule has 0 atom stereocenters. The Bertz CT molecular complexity index is 692. The van der Waals surface area contributed by atoms with Gasteiger partial charge in [-0.3, -0.25) is 9.59 Å². The van der Waals surface area contributed by atoms with Gasteiger partial charge in [0.05, 0.1) is 0 Å². The maximum Gasteiger partial charge on any atom is 0.274 e. The second-order valence-electron chi connectivity index (χ2n) is 4.77. The van der Waals surface area contributed by atoms with Crippen molar-refractivity contribution in [2.75, 3.05) is 7.05 Å². The summed E-state index contributed by atoms with van der Waals surface area (Å²) in [7, 11) is 3.25. The van der Waals surface area contributed by atoms with Gasteiger partial charge in [0, 0.05) is 26.7 Å². The van der Waals surface area contributed by atoms with Crippen LogP contribution in [-0.4, -0.2) is 27.6 Å². The molecule has 0 spiro atoms. The molecule has 5 nitrogen and oxygen atoms in total. The van der Waals surface area contributed by atoms with Gasteiger partial charge in [0.15, 0.2) is 0 Å². The molecule has 1 amide bonds. The van der Waals surface area contributed by atoms with E-state index in [1.54, 1.807) is 11.9 Å². The molecule has 0 N–H and O–H groups in total. The normalized spacial score (nSPS) is 10.3. The van der Waals surface area contributed by atoms with Crippen molar-refractivity contribution in [2.45, 2.75) is 13.5 Å². The summed E-state index contributed by atoms with van der Waals surface area (Å²) in [5.41, 5.74) is 2.26. The first kappa shape index (κ1) is 14.0. The molecule has 20 heavy (non-hydrogen) atoms. The first-order chi connectivity index (χ1) is 9.49. The quantitative estimate of drug-likeness (QED) is 0.847. The van der Waals surface area contributed by atoms with Gasteiger partial charge >= 0.3 is 0 Å². The average Bonchev–Trinajstić information content (AvgIpc) is 2.43. The predicted molar refractivity (Wildman–Crippen MR) is 76.5 cm³/mol. The molecule has 2 rings (SSSR count). The molecule has 0 saturated carbocycles. The highest BCUT2D eigenvalue weighted by atomic mass is 16.2. The van der Waals surface area contributed by atoms with Crippen LogP contribution in [0, 0.1) is 6.92 Å². The molecule has 1 aromatic carbocycles. The second kappa shape index (κ2) is 5.69. The van der Waals surface area contributed by atoms with Gasteiger partial charge in [0.25, 0.3) is 11.5 Å². The summed E-state index contributed by atoms with van der Waals surface area (Å²) in [5.74, 6) is -0.205. The Morgan fingerprint density at radius 1 is 1.25 bits per heavy atom. The number of rotatable bonds is 3. The van der Waals surface area contributed by atoms with Crippen LogP contribution in [0.3, 0.4) is 0 Å². The number of benzene rings is 1. The molecule has 0 bridgehead atoms. The molecule has 104 valence electrons. The number of aromatic nitrogens is 2. The minimum atomic E-state index is -0.233. The minimum Gasteiger partial charge on any atom is -0.336 e. The molecule has 0 aliphatic carbocycles. The molecule has 1 aromatic heterocycles. The van der Waals surface area contributed by atoms with Crippen molar-refractivity contribution < 1.29 is 4.79 Å². The zero-order chi connectivity index (χ0) is 14.7. The van der Waals surface area contributed by atoms with Crippen LogP contribution in [0.5, 0.6) is 0 Å². The Hall–Kier alpha value is -2.43. The van der Waals surface area contributed by atoms with Gasteiger partial charge in [0.2, 0.25) is 0 Å². The molecule has 0 unspecified atom stereocenters. The first-order valence-electron chi connectivity index (χ1n) is 6.33. The van der Waals surface area contributed by atoms with Gasteiger partial charge in [-0.25, -0.2) is 4.68 Å². The summed E-state index contributed by atoms with van der Waals surface area (Å²) < 4.78 is 1.16. The van der Waals surface area contributed by atoms with E-state index in [0.29, 0.717) is 6.54 Å². The summed E-state index contributed by atoms with van der Waals surface area (Å²) in [6.45, 7) is 2.52. The monoisotopic (exact) mass is 271 g/mol. The standard InChI is InChI=1S/C15H17N3O2/c1-11-6-4-5-7-12(11)10-17(2)15(20)13-8-9-14(19)18(3)16-13/h4-9H,10H2,1-3H3. The van der Waals surface area contributed by atoms with Crippen molar-refractivity contribution in [3.05, 3.63) is 63.6 Å². The van der Waals surface area contributed by atoms with E-state index in [-0.39, 0.29) is 17.2 Å². The highest BCUT2D eigenvalue weighted by Crippen LogP contribution is 2.10. The van der Waals surface area contributed by atoms with Gasteiger partial charge in [-0.05, 0) is 24.1 Å². The van der Waals surface area contributed by atoms with Crippen LogP contribution in [0.1, 0.15) is 21.6 Å². The lowest BCUT2D eigenvalue weighted by atomic mass is 10.1. The molecule has 0 aliphatic heterocycles. The second-order valence-corrected chi connectivity index (χ2v) is 4.77. The van der Waals surface area contributed by atoms with Crippen LogP contribution in [0.25, 0.3) is 0 Å². The zero-order valence-corrected chi connectivity index (χ0v) is 11.8. The van der Waals surface area contributed by atoms with Crippen molar-refractivity contribution in [1.29, 1.82) is 0 Å². The lowest BCUT2D eigenvalue weighted by molar-refractivity contribution is 0.0776. The number of hydrogen-bond donors (Lipinski definition) is 0. The number of carbonyl (C=O) groups excluding carboxylic acids is 1. The van der Waals surface area contributed by atoms with Crippen LogP contribution < -0.4 is 5.56 Å². The number of carbonyl (C=O) groups is 1. The summed E-state index contributed by atoms with van der Waals surface area (Å²) in [6.07, 6.45) is 0.